The number of nitrogens with one attached hydrogen (secondary N) is 1. The Labute approximate surface area is 132 Å². The smallest absolute Gasteiger partial charge is 0.139 e. The van der Waals surface area contributed by atoms with Gasteiger partial charge in [0.15, 0.2) is 0 Å². The maximum absolute atomic E-state index is 7.30. The molecule has 0 bridgehead atoms. The molecule has 0 atom stereocenters. The summed E-state index contributed by atoms with van der Waals surface area (Å²) >= 11 is 11.9. The fourth-order valence-electron chi connectivity index (χ4n) is 1.63. The van der Waals surface area contributed by atoms with E-state index in [-0.39, 0.29) is 5.84 Å². The molecule has 0 aliphatic carbocycles. The van der Waals surface area contributed by atoms with Crippen molar-refractivity contribution in [3.05, 3.63) is 58.1 Å². The van der Waals surface area contributed by atoms with Crippen LogP contribution in [0.25, 0.3) is 0 Å². The van der Waals surface area contributed by atoms with E-state index in [1.165, 1.54) is 0 Å². The lowest BCUT2D eigenvalue weighted by atomic mass is 10.2. The van der Waals surface area contributed by atoms with Gasteiger partial charge in [-0.15, -0.1) is 0 Å². The molecule has 0 amide bonds. The van der Waals surface area contributed by atoms with Gasteiger partial charge < -0.3 is 15.2 Å². The second-order valence-corrected chi connectivity index (χ2v) is 5.05. The molecule has 2 rings (SSSR count). The van der Waals surface area contributed by atoms with Crippen LogP contribution in [0.5, 0.6) is 11.5 Å². The first-order chi connectivity index (χ1) is 10.1. The van der Waals surface area contributed by atoms with Gasteiger partial charge in [0, 0.05) is 16.7 Å². The van der Waals surface area contributed by atoms with Crippen molar-refractivity contribution in [1.82, 2.24) is 0 Å². The molecule has 0 heterocycles. The average Bonchev–Trinajstić information content (AvgIpc) is 2.47. The van der Waals surface area contributed by atoms with E-state index in [9.17, 15) is 0 Å². The van der Waals surface area contributed by atoms with Crippen molar-refractivity contribution in [2.45, 2.75) is 0 Å². The molecule has 110 valence electrons. The fraction of sp³-hybridized carbons (Fsp3) is 0.133. The van der Waals surface area contributed by atoms with Gasteiger partial charge in [-0.25, -0.2) is 0 Å². The van der Waals surface area contributed by atoms with Crippen LogP contribution < -0.4 is 15.2 Å². The SMILES string of the molecule is N=C(N)c1ccc(OCCOc2cc(Cl)ccc2Cl)cc1. The maximum Gasteiger partial charge on any atom is 0.139 e. The van der Waals surface area contributed by atoms with Crippen molar-refractivity contribution in [2.24, 2.45) is 5.73 Å². The Kier molecular flexibility index (Phi) is 5.31. The third kappa shape index (κ3) is 4.55. The molecule has 0 fully saturated rings. The van der Waals surface area contributed by atoms with Gasteiger partial charge in [-0.3, -0.25) is 5.41 Å². The number of halogens is 2. The molecule has 4 nitrogen and oxygen atoms in total. The molecule has 2 aromatic rings. The lowest BCUT2D eigenvalue weighted by molar-refractivity contribution is 0.217. The Hall–Kier alpha value is -1.91. The molecule has 0 unspecified atom stereocenters. The van der Waals surface area contributed by atoms with Crippen LogP contribution in [0.2, 0.25) is 10.0 Å². The van der Waals surface area contributed by atoms with Gasteiger partial charge in [-0.1, -0.05) is 23.2 Å². The van der Waals surface area contributed by atoms with Crippen molar-refractivity contribution < 1.29 is 9.47 Å². The largest absolute Gasteiger partial charge is 0.490 e. The van der Waals surface area contributed by atoms with E-state index in [2.05, 4.69) is 0 Å². The van der Waals surface area contributed by atoms with Gasteiger partial charge in [0.2, 0.25) is 0 Å². The molecule has 3 N–H and O–H groups in total. The van der Waals surface area contributed by atoms with Crippen molar-refractivity contribution in [3.63, 3.8) is 0 Å². The summed E-state index contributed by atoms with van der Waals surface area (Å²) in [5.74, 6) is 1.24. The third-order valence-corrected chi connectivity index (χ3v) is 3.22. The van der Waals surface area contributed by atoms with Crippen LogP contribution in [-0.4, -0.2) is 19.0 Å². The summed E-state index contributed by atoms with van der Waals surface area (Å²) in [6, 6.07) is 12.0. The zero-order valence-electron chi connectivity index (χ0n) is 11.1. The zero-order chi connectivity index (χ0) is 15.2. The summed E-state index contributed by atoms with van der Waals surface area (Å²) in [7, 11) is 0. The monoisotopic (exact) mass is 324 g/mol. The van der Waals surface area contributed by atoms with Crippen molar-refractivity contribution in [3.8, 4) is 11.5 Å². The van der Waals surface area contributed by atoms with Gasteiger partial charge in [0.25, 0.3) is 0 Å². The Morgan fingerprint density at radius 1 is 1.00 bits per heavy atom. The summed E-state index contributed by atoms with van der Waals surface area (Å²) in [6.45, 7) is 0.705. The number of nitrogen functional groups attached to an aromatic ring is 1. The molecule has 0 aromatic heterocycles. The number of ether oxygens (including phenoxy) is 2. The first-order valence-electron chi connectivity index (χ1n) is 6.21. The number of benzene rings is 2. The first kappa shape index (κ1) is 15.5. The lowest BCUT2D eigenvalue weighted by Crippen LogP contribution is -2.11. The van der Waals surface area contributed by atoms with Gasteiger partial charge in [-0.05, 0) is 36.4 Å². The van der Waals surface area contributed by atoms with E-state index in [4.69, 9.17) is 43.8 Å². The Morgan fingerprint density at radius 2 is 1.67 bits per heavy atom. The average molecular weight is 325 g/mol. The molecule has 0 saturated heterocycles. The van der Waals surface area contributed by atoms with Crippen molar-refractivity contribution in [1.29, 1.82) is 5.41 Å². The molecule has 0 aliphatic heterocycles. The van der Waals surface area contributed by atoms with Crippen LogP contribution >= 0.6 is 23.2 Å². The number of hydrogen-bond donors (Lipinski definition) is 2. The minimum Gasteiger partial charge on any atom is -0.490 e. The number of rotatable bonds is 6. The number of nitrogens with two attached hydrogens (primary N) is 1. The van der Waals surface area contributed by atoms with E-state index in [0.29, 0.717) is 40.3 Å². The Balaban J connectivity index is 1.81. The molecule has 0 spiro atoms. The Morgan fingerprint density at radius 3 is 2.33 bits per heavy atom. The maximum atomic E-state index is 7.30. The van der Waals surface area contributed by atoms with Gasteiger partial charge >= 0.3 is 0 Å². The molecule has 0 aliphatic rings. The van der Waals surface area contributed by atoms with E-state index in [1.807, 2.05) is 0 Å². The van der Waals surface area contributed by atoms with Crippen molar-refractivity contribution in [2.75, 3.05) is 13.2 Å². The fourth-order valence-corrected chi connectivity index (χ4v) is 1.96. The van der Waals surface area contributed by atoms with Crippen molar-refractivity contribution >= 4 is 29.0 Å². The van der Waals surface area contributed by atoms with Crippen LogP contribution in [-0.2, 0) is 0 Å². The van der Waals surface area contributed by atoms with E-state index >= 15 is 0 Å². The quantitative estimate of drug-likeness (QED) is 0.483. The van der Waals surface area contributed by atoms with Crippen LogP contribution in [0.15, 0.2) is 42.5 Å². The summed E-state index contributed by atoms with van der Waals surface area (Å²) < 4.78 is 11.0. The minimum absolute atomic E-state index is 0.0282. The van der Waals surface area contributed by atoms with E-state index in [0.717, 1.165) is 0 Å². The second-order valence-electron chi connectivity index (χ2n) is 4.21. The van der Waals surface area contributed by atoms with Crippen LogP contribution in [0.3, 0.4) is 0 Å². The predicted molar refractivity (Wildman–Crippen MR) is 84.9 cm³/mol. The predicted octanol–water partition coefficient (Wildman–Crippen LogP) is 3.74. The molecular weight excluding hydrogens is 311 g/mol. The first-order valence-corrected chi connectivity index (χ1v) is 6.97. The highest BCUT2D eigenvalue weighted by Crippen LogP contribution is 2.27. The normalized spacial score (nSPS) is 10.2. The highest BCUT2D eigenvalue weighted by Gasteiger charge is 2.03. The lowest BCUT2D eigenvalue weighted by Gasteiger charge is -2.10. The molecule has 2 aromatic carbocycles. The van der Waals surface area contributed by atoms with Gasteiger partial charge in [0.1, 0.15) is 30.5 Å². The summed E-state index contributed by atoms with van der Waals surface area (Å²) in [5.41, 5.74) is 6.03. The highest BCUT2D eigenvalue weighted by molar-refractivity contribution is 6.34. The summed E-state index contributed by atoms with van der Waals surface area (Å²) in [4.78, 5) is 0. The van der Waals surface area contributed by atoms with Crippen LogP contribution in [0.4, 0.5) is 0 Å². The Bertz CT molecular complexity index is 630. The highest BCUT2D eigenvalue weighted by atomic mass is 35.5. The van der Waals surface area contributed by atoms with Crippen LogP contribution in [0.1, 0.15) is 5.56 Å². The van der Waals surface area contributed by atoms with Gasteiger partial charge in [0.05, 0.1) is 5.02 Å². The van der Waals surface area contributed by atoms with Gasteiger partial charge in [-0.2, -0.15) is 0 Å². The standard InChI is InChI=1S/C15H14Cl2N2O2/c16-11-3-6-13(17)14(9-11)21-8-7-20-12-4-1-10(2-5-12)15(18)19/h1-6,9H,7-8H2,(H3,18,19). The minimum atomic E-state index is 0.0282. The second kappa shape index (κ2) is 7.20. The molecular formula is C15H14Cl2N2O2. The third-order valence-electron chi connectivity index (χ3n) is 2.67. The van der Waals surface area contributed by atoms with Crippen LogP contribution in [0, 0.1) is 5.41 Å². The molecule has 0 saturated carbocycles. The number of amidine groups is 1. The number of hydrogen-bond acceptors (Lipinski definition) is 3. The molecule has 0 radical (unpaired) electrons. The molecule has 21 heavy (non-hydrogen) atoms. The summed E-state index contributed by atoms with van der Waals surface area (Å²) in [6.07, 6.45) is 0. The van der Waals surface area contributed by atoms with E-state index < -0.39 is 0 Å². The van der Waals surface area contributed by atoms with E-state index in [1.54, 1.807) is 42.5 Å². The molecule has 6 heteroatoms. The topological polar surface area (TPSA) is 68.3 Å². The summed E-state index contributed by atoms with van der Waals surface area (Å²) in [5, 5.41) is 8.37. The zero-order valence-corrected chi connectivity index (χ0v) is 12.6.